The zero-order valence-corrected chi connectivity index (χ0v) is 23.6. The Bertz CT molecular complexity index is 1400. The van der Waals surface area contributed by atoms with Crippen LogP contribution < -0.4 is 5.32 Å². The zero-order chi connectivity index (χ0) is 27.6. The van der Waals surface area contributed by atoms with Crippen molar-refractivity contribution in [1.82, 2.24) is 4.90 Å². The second kappa shape index (κ2) is 11.5. The molecule has 1 saturated heterocycles. The molecule has 3 aliphatic rings. The first-order chi connectivity index (χ1) is 19.6. The molecule has 0 radical (unpaired) electrons. The molecule has 2 aliphatic carbocycles. The molecular weight excluding hydrogens is 524 g/mol. The van der Waals surface area contributed by atoms with Gasteiger partial charge in [0.2, 0.25) is 5.91 Å². The minimum atomic E-state index is -0.646. The average Bonchev–Trinajstić information content (AvgIpc) is 3.62. The number of esters is 1. The first kappa shape index (κ1) is 26.6. The second-order valence-corrected chi connectivity index (χ2v) is 11.7. The highest BCUT2D eigenvalue weighted by molar-refractivity contribution is 7.17. The van der Waals surface area contributed by atoms with Crippen LogP contribution in [0.5, 0.6) is 0 Å². The first-order valence-electron chi connectivity index (χ1n) is 14.3. The standard InChI is InChI=1S/C32H34N2O5S/c1-2-38-31(36)28-24-15-4-3-5-17-27(24)40-30(28)33-29(35)26-16-10-18-34(26)32(37)39-19-25-22-13-8-6-11-20(22)21-12-7-9-14-23(21)25/h6-9,11-14,25-26H,2-5,10,15-19H2,1H3,(H,33,35)/t26-/m1/s1. The van der Waals surface area contributed by atoms with Crippen LogP contribution in [-0.4, -0.2) is 48.7 Å². The van der Waals surface area contributed by atoms with Crippen LogP contribution in [0.4, 0.5) is 9.80 Å². The molecule has 1 aliphatic heterocycles. The van der Waals surface area contributed by atoms with Crippen molar-refractivity contribution in [3.05, 3.63) is 75.7 Å². The van der Waals surface area contributed by atoms with Crippen LogP contribution in [0, 0.1) is 0 Å². The number of carbonyl (C=O) groups is 3. The van der Waals surface area contributed by atoms with Gasteiger partial charge in [-0.25, -0.2) is 9.59 Å². The van der Waals surface area contributed by atoms with Gasteiger partial charge in [0.25, 0.3) is 0 Å². The number of aryl methyl sites for hydroxylation is 1. The summed E-state index contributed by atoms with van der Waals surface area (Å²) in [5.74, 6) is -0.718. The van der Waals surface area contributed by atoms with E-state index in [2.05, 4.69) is 29.6 Å². The van der Waals surface area contributed by atoms with Gasteiger partial charge in [-0.3, -0.25) is 9.69 Å². The van der Waals surface area contributed by atoms with Crippen molar-refractivity contribution < 1.29 is 23.9 Å². The number of amides is 2. The lowest BCUT2D eigenvalue weighted by Crippen LogP contribution is -2.43. The molecule has 8 heteroatoms. The summed E-state index contributed by atoms with van der Waals surface area (Å²) in [7, 11) is 0. The molecule has 0 unspecified atom stereocenters. The zero-order valence-electron chi connectivity index (χ0n) is 22.7. The second-order valence-electron chi connectivity index (χ2n) is 10.6. The van der Waals surface area contributed by atoms with Crippen molar-refractivity contribution in [1.29, 1.82) is 0 Å². The fourth-order valence-electron chi connectivity index (χ4n) is 6.38. The maximum atomic E-state index is 13.5. The Morgan fingerprint density at radius 3 is 2.35 bits per heavy atom. The number of ether oxygens (including phenoxy) is 2. The molecule has 3 aromatic rings. The molecule has 0 bridgehead atoms. The number of nitrogens with one attached hydrogen (secondary N) is 1. The lowest BCUT2D eigenvalue weighted by Gasteiger charge is -2.24. The van der Waals surface area contributed by atoms with Gasteiger partial charge < -0.3 is 14.8 Å². The van der Waals surface area contributed by atoms with E-state index in [0.29, 0.717) is 30.0 Å². The van der Waals surface area contributed by atoms with Crippen LogP contribution in [0.3, 0.4) is 0 Å². The largest absolute Gasteiger partial charge is 0.462 e. The molecule has 2 amide bonds. The fourth-order valence-corrected chi connectivity index (χ4v) is 7.66. The van der Waals surface area contributed by atoms with E-state index in [-0.39, 0.29) is 25.0 Å². The molecule has 2 aromatic carbocycles. The number of likely N-dealkylation sites (tertiary alicyclic amines) is 1. The molecular formula is C32H34N2O5S. The van der Waals surface area contributed by atoms with Crippen molar-refractivity contribution >= 4 is 34.3 Å². The third-order valence-electron chi connectivity index (χ3n) is 8.26. The molecule has 1 fully saturated rings. The maximum Gasteiger partial charge on any atom is 0.410 e. The van der Waals surface area contributed by atoms with Gasteiger partial charge in [-0.1, -0.05) is 55.0 Å². The Hall–Kier alpha value is -3.65. The number of benzene rings is 2. The molecule has 0 spiro atoms. The van der Waals surface area contributed by atoms with E-state index in [1.54, 1.807) is 6.92 Å². The summed E-state index contributed by atoms with van der Waals surface area (Å²) in [5.41, 5.74) is 6.14. The lowest BCUT2D eigenvalue weighted by molar-refractivity contribution is -0.120. The van der Waals surface area contributed by atoms with Crippen LogP contribution in [0.1, 0.15) is 76.9 Å². The molecule has 1 N–H and O–H groups in total. The lowest BCUT2D eigenvalue weighted by atomic mass is 9.98. The minimum Gasteiger partial charge on any atom is -0.462 e. The summed E-state index contributed by atoms with van der Waals surface area (Å²) in [5, 5.41) is 3.54. The van der Waals surface area contributed by atoms with E-state index in [1.165, 1.54) is 27.4 Å². The van der Waals surface area contributed by atoms with E-state index in [4.69, 9.17) is 9.47 Å². The molecule has 208 valence electrons. The van der Waals surface area contributed by atoms with E-state index in [1.807, 2.05) is 24.3 Å². The van der Waals surface area contributed by atoms with Crippen molar-refractivity contribution in [2.45, 2.75) is 63.8 Å². The number of rotatable bonds is 6. The molecule has 1 atom stereocenters. The van der Waals surface area contributed by atoms with E-state index >= 15 is 0 Å². The highest BCUT2D eigenvalue weighted by Crippen LogP contribution is 2.44. The van der Waals surface area contributed by atoms with Crippen LogP contribution in [0.25, 0.3) is 11.1 Å². The topological polar surface area (TPSA) is 84.9 Å². The molecule has 6 rings (SSSR count). The predicted octanol–water partition coefficient (Wildman–Crippen LogP) is 6.55. The van der Waals surface area contributed by atoms with Gasteiger partial charge in [0.05, 0.1) is 12.2 Å². The average molecular weight is 559 g/mol. The molecule has 1 aromatic heterocycles. The highest BCUT2D eigenvalue weighted by Gasteiger charge is 2.38. The van der Waals surface area contributed by atoms with Crippen molar-refractivity contribution in [2.24, 2.45) is 0 Å². The summed E-state index contributed by atoms with van der Waals surface area (Å²) in [6, 6.07) is 15.8. The van der Waals surface area contributed by atoms with Crippen LogP contribution in [-0.2, 0) is 27.1 Å². The SMILES string of the molecule is CCOC(=O)c1c(NC(=O)[C@H]2CCCN2C(=O)OCC2c3ccccc3-c3ccccc32)sc2c1CCCCC2. The number of nitrogens with zero attached hydrogens (tertiary/aromatic N) is 1. The normalized spacial score (nSPS) is 17.9. The smallest absolute Gasteiger partial charge is 0.410 e. The number of hydrogen-bond acceptors (Lipinski definition) is 6. The number of anilines is 1. The molecule has 0 saturated carbocycles. The Morgan fingerprint density at radius 2 is 1.62 bits per heavy atom. The van der Waals surface area contributed by atoms with Gasteiger partial charge in [0, 0.05) is 17.3 Å². The van der Waals surface area contributed by atoms with Crippen molar-refractivity contribution in [3.63, 3.8) is 0 Å². The Morgan fingerprint density at radius 1 is 0.925 bits per heavy atom. The van der Waals surface area contributed by atoms with Crippen LogP contribution in [0.2, 0.25) is 0 Å². The van der Waals surface area contributed by atoms with Gasteiger partial charge in [0.1, 0.15) is 17.6 Å². The predicted molar refractivity (Wildman–Crippen MR) is 155 cm³/mol. The maximum absolute atomic E-state index is 13.5. The van der Waals surface area contributed by atoms with Gasteiger partial charge in [-0.2, -0.15) is 0 Å². The summed E-state index contributed by atoms with van der Waals surface area (Å²) in [4.78, 5) is 42.4. The van der Waals surface area contributed by atoms with E-state index < -0.39 is 18.1 Å². The Kier molecular flexibility index (Phi) is 7.61. The third kappa shape index (κ3) is 4.89. The van der Waals surface area contributed by atoms with Gasteiger partial charge in [-0.05, 0) is 73.3 Å². The summed E-state index contributed by atoms with van der Waals surface area (Å²) >= 11 is 1.47. The number of carbonyl (C=O) groups excluding carboxylic acids is 3. The summed E-state index contributed by atoms with van der Waals surface area (Å²) in [6.45, 7) is 2.73. The minimum absolute atomic E-state index is 0.0418. The first-order valence-corrected chi connectivity index (χ1v) is 15.1. The van der Waals surface area contributed by atoms with Crippen molar-refractivity contribution in [2.75, 3.05) is 25.1 Å². The van der Waals surface area contributed by atoms with Crippen LogP contribution in [0.15, 0.2) is 48.5 Å². The molecule has 7 nitrogen and oxygen atoms in total. The van der Waals surface area contributed by atoms with Gasteiger partial charge in [-0.15, -0.1) is 11.3 Å². The monoisotopic (exact) mass is 558 g/mol. The summed E-state index contributed by atoms with van der Waals surface area (Å²) in [6.07, 6.45) is 5.71. The summed E-state index contributed by atoms with van der Waals surface area (Å²) < 4.78 is 11.2. The van der Waals surface area contributed by atoms with E-state index in [0.717, 1.165) is 53.7 Å². The Balaban J connectivity index is 1.17. The third-order valence-corrected chi connectivity index (χ3v) is 9.47. The van der Waals surface area contributed by atoms with Gasteiger partial charge >= 0.3 is 12.1 Å². The van der Waals surface area contributed by atoms with Crippen molar-refractivity contribution in [3.8, 4) is 11.1 Å². The fraction of sp³-hybridized carbons (Fsp3) is 0.406. The van der Waals surface area contributed by atoms with Gasteiger partial charge in [0.15, 0.2) is 0 Å². The molecule has 2 heterocycles. The number of thiophene rings is 1. The highest BCUT2D eigenvalue weighted by atomic mass is 32.1. The quantitative estimate of drug-likeness (QED) is 0.274. The van der Waals surface area contributed by atoms with E-state index in [9.17, 15) is 14.4 Å². The number of fused-ring (bicyclic) bond motifs is 4. The Labute approximate surface area is 238 Å². The van der Waals surface area contributed by atoms with Crippen LogP contribution >= 0.6 is 11.3 Å². The molecule has 40 heavy (non-hydrogen) atoms. The number of hydrogen-bond donors (Lipinski definition) is 1.